The number of carbonyl (C=O) groups excluding carboxylic acids is 1. The first-order valence-corrected chi connectivity index (χ1v) is 11.6. The highest BCUT2D eigenvalue weighted by atomic mass is 16.1. The normalized spacial score (nSPS) is 21.4. The van der Waals surface area contributed by atoms with Crippen LogP contribution in [0.2, 0.25) is 0 Å². The van der Waals surface area contributed by atoms with Gasteiger partial charge in [-0.2, -0.15) is 0 Å². The zero-order valence-corrected chi connectivity index (χ0v) is 18.0. The Kier molecular flexibility index (Phi) is 4.31. The highest BCUT2D eigenvalue weighted by Gasteiger charge is 2.53. The predicted octanol–water partition coefficient (Wildman–Crippen LogP) is 5.79. The summed E-state index contributed by atoms with van der Waals surface area (Å²) in [5.74, 6) is 1.59. The lowest BCUT2D eigenvalue weighted by Crippen LogP contribution is -2.12. The molecule has 2 fully saturated rings. The minimum absolute atomic E-state index is 0.174. The molecule has 1 spiro atoms. The molecule has 0 bridgehead atoms. The maximum absolute atomic E-state index is 13.1. The van der Waals surface area contributed by atoms with E-state index in [1.165, 1.54) is 42.4 Å². The first-order valence-electron chi connectivity index (χ1n) is 11.6. The molecule has 0 saturated heterocycles. The highest BCUT2D eigenvalue weighted by molar-refractivity contribution is 5.98. The van der Waals surface area contributed by atoms with Gasteiger partial charge in [0.05, 0.1) is 5.69 Å². The van der Waals surface area contributed by atoms with E-state index in [4.69, 9.17) is 9.97 Å². The third-order valence-corrected chi connectivity index (χ3v) is 7.65. The van der Waals surface area contributed by atoms with Crippen LogP contribution in [0.15, 0.2) is 48.9 Å². The molecule has 0 aliphatic heterocycles. The third-order valence-electron chi connectivity index (χ3n) is 7.65. The fraction of sp³-hybridized carbons (Fsp3) is 0.407. The van der Waals surface area contributed by atoms with Crippen LogP contribution in [0.5, 0.6) is 0 Å². The second kappa shape index (κ2) is 7.08. The topological polar surface area (TPSA) is 55.7 Å². The van der Waals surface area contributed by atoms with Gasteiger partial charge < -0.3 is 0 Å². The van der Waals surface area contributed by atoms with Crippen LogP contribution in [0.4, 0.5) is 0 Å². The van der Waals surface area contributed by atoms with Crippen molar-refractivity contribution in [1.29, 1.82) is 0 Å². The van der Waals surface area contributed by atoms with E-state index in [-0.39, 0.29) is 17.3 Å². The number of ketones is 1. The lowest BCUT2D eigenvalue weighted by Gasteiger charge is -2.13. The van der Waals surface area contributed by atoms with Crippen molar-refractivity contribution in [2.45, 2.75) is 63.2 Å². The number of Topliss-reactive ketones (excluding diaryl/α,β-unsaturated/α-hetero) is 1. The summed E-state index contributed by atoms with van der Waals surface area (Å²) in [6.07, 6.45) is 13.6. The van der Waals surface area contributed by atoms with E-state index in [2.05, 4.69) is 36.2 Å². The van der Waals surface area contributed by atoms with Crippen molar-refractivity contribution in [3.63, 3.8) is 0 Å². The van der Waals surface area contributed by atoms with Gasteiger partial charge in [-0.25, -0.2) is 9.97 Å². The van der Waals surface area contributed by atoms with Crippen LogP contribution in [-0.2, 0) is 5.41 Å². The SMILES string of the molecule is Cc1ccnc(-c2cnc(C3CC4(CC4)c4ccc(C(=O)C5CCCC5)cc43)nc2)c1. The van der Waals surface area contributed by atoms with E-state index in [9.17, 15) is 4.79 Å². The molecule has 3 aliphatic carbocycles. The van der Waals surface area contributed by atoms with Gasteiger partial charge in [0.1, 0.15) is 5.82 Å². The molecule has 6 rings (SSSR count). The van der Waals surface area contributed by atoms with Crippen molar-refractivity contribution in [1.82, 2.24) is 15.0 Å². The van der Waals surface area contributed by atoms with E-state index < -0.39 is 0 Å². The average molecular weight is 410 g/mol. The van der Waals surface area contributed by atoms with Crippen LogP contribution in [0.3, 0.4) is 0 Å². The summed E-state index contributed by atoms with van der Waals surface area (Å²) < 4.78 is 0. The van der Waals surface area contributed by atoms with Crippen LogP contribution in [0.25, 0.3) is 11.3 Å². The third kappa shape index (κ3) is 3.20. The molecule has 2 aromatic heterocycles. The zero-order chi connectivity index (χ0) is 21.0. The summed E-state index contributed by atoms with van der Waals surface area (Å²) in [6.45, 7) is 2.06. The molecule has 4 heteroatoms. The van der Waals surface area contributed by atoms with Crippen molar-refractivity contribution < 1.29 is 4.79 Å². The predicted molar refractivity (Wildman–Crippen MR) is 120 cm³/mol. The Labute approximate surface area is 183 Å². The van der Waals surface area contributed by atoms with Crippen molar-refractivity contribution >= 4 is 5.78 Å². The lowest BCUT2D eigenvalue weighted by atomic mass is 9.91. The molecular weight excluding hydrogens is 382 g/mol. The van der Waals surface area contributed by atoms with Gasteiger partial charge in [-0.1, -0.05) is 25.0 Å². The standard InChI is InChI=1S/C27H27N3O/c1-17-8-11-28-24(12-17)20-15-29-26(30-16-20)22-14-27(9-10-27)23-7-6-19(13-21(22)23)25(31)18-4-2-3-5-18/h6-8,11-13,15-16,18,22H,2-5,9-10,14H2,1H3. The summed E-state index contributed by atoms with van der Waals surface area (Å²) >= 11 is 0. The van der Waals surface area contributed by atoms with Crippen LogP contribution in [0.1, 0.15) is 83.7 Å². The van der Waals surface area contributed by atoms with Crippen molar-refractivity contribution in [3.05, 3.63) is 77.0 Å². The molecule has 3 aromatic rings. The molecule has 2 saturated carbocycles. The molecule has 3 aliphatic rings. The van der Waals surface area contributed by atoms with E-state index in [0.717, 1.165) is 41.9 Å². The summed E-state index contributed by atoms with van der Waals surface area (Å²) in [6, 6.07) is 10.5. The Bertz CT molecular complexity index is 1160. The summed E-state index contributed by atoms with van der Waals surface area (Å²) in [5.41, 5.74) is 6.90. The average Bonchev–Trinajstić information content (AvgIpc) is 3.23. The number of aryl methyl sites for hydroxylation is 1. The van der Waals surface area contributed by atoms with Gasteiger partial charge in [0.2, 0.25) is 0 Å². The van der Waals surface area contributed by atoms with E-state index in [0.29, 0.717) is 5.78 Å². The molecular formula is C27H27N3O. The minimum Gasteiger partial charge on any atom is -0.294 e. The van der Waals surface area contributed by atoms with Crippen LogP contribution < -0.4 is 0 Å². The quantitative estimate of drug-likeness (QED) is 0.512. The molecule has 156 valence electrons. The number of hydrogen-bond donors (Lipinski definition) is 0. The number of nitrogens with zero attached hydrogens (tertiary/aromatic N) is 3. The van der Waals surface area contributed by atoms with Crippen molar-refractivity contribution in [3.8, 4) is 11.3 Å². The molecule has 2 heterocycles. The number of rotatable bonds is 4. The maximum atomic E-state index is 13.1. The van der Waals surface area contributed by atoms with Gasteiger partial charge in [0.25, 0.3) is 0 Å². The van der Waals surface area contributed by atoms with Gasteiger partial charge in [0, 0.05) is 41.6 Å². The number of fused-ring (bicyclic) bond motifs is 2. The Morgan fingerprint density at radius 1 is 1.00 bits per heavy atom. The van der Waals surface area contributed by atoms with E-state index in [1.807, 2.05) is 24.7 Å². The van der Waals surface area contributed by atoms with Gasteiger partial charge in [-0.3, -0.25) is 9.78 Å². The van der Waals surface area contributed by atoms with Crippen molar-refractivity contribution in [2.24, 2.45) is 5.92 Å². The van der Waals surface area contributed by atoms with Gasteiger partial charge in [0.15, 0.2) is 5.78 Å². The number of pyridine rings is 1. The number of hydrogen-bond acceptors (Lipinski definition) is 4. The molecule has 0 radical (unpaired) electrons. The monoisotopic (exact) mass is 409 g/mol. The minimum atomic E-state index is 0.174. The number of aromatic nitrogens is 3. The van der Waals surface area contributed by atoms with E-state index in [1.54, 1.807) is 0 Å². The Morgan fingerprint density at radius 3 is 2.48 bits per heavy atom. The van der Waals surface area contributed by atoms with Crippen molar-refractivity contribution in [2.75, 3.05) is 0 Å². The molecule has 0 N–H and O–H groups in total. The van der Waals surface area contributed by atoms with Crippen LogP contribution in [0, 0.1) is 12.8 Å². The summed E-state index contributed by atoms with van der Waals surface area (Å²) in [5, 5.41) is 0. The van der Waals surface area contributed by atoms with Gasteiger partial charge in [-0.05, 0) is 79.3 Å². The van der Waals surface area contributed by atoms with Gasteiger partial charge >= 0.3 is 0 Å². The Hall–Kier alpha value is -2.88. The van der Waals surface area contributed by atoms with Crippen LogP contribution in [-0.4, -0.2) is 20.7 Å². The summed E-state index contributed by atoms with van der Waals surface area (Å²) in [7, 11) is 0. The number of carbonyl (C=O) groups is 1. The first kappa shape index (κ1) is 18.9. The first-order chi connectivity index (χ1) is 15.1. The molecule has 1 unspecified atom stereocenters. The molecule has 0 amide bonds. The second-order valence-corrected chi connectivity index (χ2v) is 9.73. The number of benzene rings is 1. The largest absolute Gasteiger partial charge is 0.294 e. The highest BCUT2D eigenvalue weighted by Crippen LogP contribution is 2.61. The lowest BCUT2D eigenvalue weighted by molar-refractivity contribution is 0.0922. The fourth-order valence-electron chi connectivity index (χ4n) is 5.72. The van der Waals surface area contributed by atoms with E-state index >= 15 is 0 Å². The fourth-order valence-corrected chi connectivity index (χ4v) is 5.72. The molecule has 1 atom stereocenters. The zero-order valence-electron chi connectivity index (χ0n) is 18.0. The van der Waals surface area contributed by atoms with Crippen LogP contribution >= 0.6 is 0 Å². The summed E-state index contributed by atoms with van der Waals surface area (Å²) in [4.78, 5) is 27.1. The molecule has 4 nitrogen and oxygen atoms in total. The smallest absolute Gasteiger partial charge is 0.165 e. The van der Waals surface area contributed by atoms with Gasteiger partial charge in [-0.15, -0.1) is 0 Å². The molecule has 1 aromatic carbocycles. The Balaban J connectivity index is 1.34. The maximum Gasteiger partial charge on any atom is 0.165 e. The second-order valence-electron chi connectivity index (χ2n) is 9.73. The Morgan fingerprint density at radius 2 is 1.77 bits per heavy atom. The molecule has 31 heavy (non-hydrogen) atoms.